The highest BCUT2D eigenvalue weighted by Gasteiger charge is 2.22. The van der Waals surface area contributed by atoms with Crippen molar-refractivity contribution < 1.29 is 9.50 Å². The summed E-state index contributed by atoms with van der Waals surface area (Å²) in [5.41, 5.74) is 0.458. The van der Waals surface area contributed by atoms with Gasteiger partial charge < -0.3 is 20.6 Å². The first-order chi connectivity index (χ1) is 15.5. The largest absolute Gasteiger partial charge is 0.505 e. The molecule has 1 saturated carbocycles. The van der Waals surface area contributed by atoms with Crippen LogP contribution >= 0.6 is 0 Å². The van der Waals surface area contributed by atoms with Gasteiger partial charge in [-0.1, -0.05) is 25.7 Å². The van der Waals surface area contributed by atoms with Crippen molar-refractivity contribution >= 4 is 23.5 Å². The van der Waals surface area contributed by atoms with Crippen LogP contribution in [-0.2, 0) is 0 Å². The Morgan fingerprint density at radius 2 is 1.69 bits per heavy atom. The molecule has 2 fully saturated rings. The number of hydrogen-bond acceptors (Lipinski definition) is 9. The van der Waals surface area contributed by atoms with E-state index in [1.807, 2.05) is 12.1 Å². The molecule has 1 aliphatic carbocycles. The number of nitrogens with one attached hydrogen (secondary N) is 2. The van der Waals surface area contributed by atoms with Crippen molar-refractivity contribution in [2.45, 2.75) is 44.6 Å². The third kappa shape index (κ3) is 5.74. The Balaban J connectivity index is 1.58. The van der Waals surface area contributed by atoms with Gasteiger partial charge in [-0.25, -0.2) is 9.40 Å². The highest BCUT2D eigenvalue weighted by atomic mass is 19.1. The first kappa shape index (κ1) is 22.5. The Bertz CT molecular complexity index is 897. The molecule has 0 unspecified atom stereocenters. The standard InChI is InChI=1S/C22H33FN8O/c1-29-11-13-31(14-12-29)30(2)22-27-20(24-16-7-5-3-4-6-8-16)26-21(28-22)25-17-9-10-19(32)18(23)15-17/h9-10,15-16,32H,3-8,11-14H2,1-2H3,(H2,24,25,26,27,28). The van der Waals surface area contributed by atoms with Gasteiger partial charge in [0, 0.05) is 51.0 Å². The van der Waals surface area contributed by atoms with E-state index in [2.05, 4.69) is 37.6 Å². The molecule has 1 aromatic carbocycles. The SMILES string of the molecule is CN1CCN(N(C)c2nc(Nc3ccc(O)c(F)c3)nc(NC3CCCCCC3)n2)CC1. The van der Waals surface area contributed by atoms with E-state index >= 15 is 0 Å². The maximum Gasteiger partial charge on any atom is 0.246 e. The predicted octanol–water partition coefficient (Wildman–Crippen LogP) is 3.19. The van der Waals surface area contributed by atoms with Crippen molar-refractivity contribution in [2.24, 2.45) is 0 Å². The number of hydrazine groups is 1. The van der Waals surface area contributed by atoms with Crippen molar-refractivity contribution in [1.82, 2.24) is 24.9 Å². The van der Waals surface area contributed by atoms with Gasteiger partial charge in [-0.05, 0) is 32.0 Å². The van der Waals surface area contributed by atoms with Crippen LogP contribution in [0.3, 0.4) is 0 Å². The Morgan fingerprint density at radius 1 is 1.00 bits per heavy atom. The number of phenolic OH excluding ortho intramolecular Hbond substituents is 1. The van der Waals surface area contributed by atoms with E-state index in [0.29, 0.717) is 29.6 Å². The monoisotopic (exact) mass is 444 g/mol. The molecule has 0 amide bonds. The summed E-state index contributed by atoms with van der Waals surface area (Å²) in [7, 11) is 4.08. The van der Waals surface area contributed by atoms with Crippen LogP contribution in [0.15, 0.2) is 18.2 Å². The van der Waals surface area contributed by atoms with Crippen LogP contribution in [0.25, 0.3) is 0 Å². The molecular weight excluding hydrogens is 411 g/mol. The first-order valence-corrected chi connectivity index (χ1v) is 11.4. The smallest absolute Gasteiger partial charge is 0.246 e. The molecule has 0 atom stereocenters. The molecule has 0 spiro atoms. The molecule has 9 nitrogen and oxygen atoms in total. The topological polar surface area (TPSA) is 92.7 Å². The second-order valence-corrected chi connectivity index (χ2v) is 8.69. The summed E-state index contributed by atoms with van der Waals surface area (Å²) in [5, 5.41) is 20.2. The Morgan fingerprint density at radius 3 is 2.38 bits per heavy atom. The summed E-state index contributed by atoms with van der Waals surface area (Å²) in [6.45, 7) is 3.72. The Hall–Kier alpha value is -2.72. The number of piperazine rings is 1. The van der Waals surface area contributed by atoms with Crippen LogP contribution in [0.5, 0.6) is 5.75 Å². The Kier molecular flexibility index (Phi) is 7.21. The second-order valence-electron chi connectivity index (χ2n) is 8.69. The molecule has 2 aliphatic rings. The summed E-state index contributed by atoms with van der Waals surface area (Å²) in [5.74, 6) is 0.289. The van der Waals surface area contributed by atoms with Crippen molar-refractivity contribution in [1.29, 1.82) is 0 Å². The predicted molar refractivity (Wildman–Crippen MR) is 124 cm³/mol. The third-order valence-electron chi connectivity index (χ3n) is 6.21. The molecule has 1 aromatic heterocycles. The minimum Gasteiger partial charge on any atom is -0.505 e. The maximum absolute atomic E-state index is 13.8. The van der Waals surface area contributed by atoms with Gasteiger partial charge in [-0.2, -0.15) is 15.0 Å². The number of benzene rings is 1. The highest BCUT2D eigenvalue weighted by molar-refractivity contribution is 5.57. The molecule has 2 heterocycles. The quantitative estimate of drug-likeness (QED) is 0.459. The minimum atomic E-state index is -0.698. The minimum absolute atomic E-state index is 0.331. The molecule has 3 N–H and O–H groups in total. The summed E-state index contributed by atoms with van der Waals surface area (Å²) in [6, 6.07) is 4.45. The van der Waals surface area contributed by atoms with Gasteiger partial charge in [0.25, 0.3) is 0 Å². The zero-order valence-electron chi connectivity index (χ0n) is 18.9. The maximum atomic E-state index is 13.8. The second kappa shape index (κ2) is 10.3. The molecule has 32 heavy (non-hydrogen) atoms. The van der Waals surface area contributed by atoms with Gasteiger partial charge in [0.15, 0.2) is 11.6 Å². The molecule has 4 rings (SSSR count). The molecular formula is C22H33FN8O. The van der Waals surface area contributed by atoms with Crippen molar-refractivity contribution in [3.8, 4) is 5.75 Å². The number of aromatic hydroxyl groups is 1. The lowest BCUT2D eigenvalue weighted by Gasteiger charge is -2.38. The molecule has 0 radical (unpaired) electrons. The van der Waals surface area contributed by atoms with Gasteiger partial charge in [0.2, 0.25) is 17.8 Å². The average Bonchev–Trinajstić information content (AvgIpc) is 3.05. The molecule has 10 heteroatoms. The van der Waals surface area contributed by atoms with Crippen LogP contribution in [0.1, 0.15) is 38.5 Å². The number of hydrogen-bond donors (Lipinski definition) is 3. The Labute approximate surface area is 188 Å². The van der Waals surface area contributed by atoms with E-state index in [-0.39, 0.29) is 0 Å². The number of rotatable bonds is 6. The van der Waals surface area contributed by atoms with E-state index in [4.69, 9.17) is 4.98 Å². The molecule has 2 aromatic rings. The van der Waals surface area contributed by atoms with Gasteiger partial charge in [-0.3, -0.25) is 5.01 Å². The number of anilines is 4. The van der Waals surface area contributed by atoms with E-state index in [0.717, 1.165) is 39.0 Å². The zero-order chi connectivity index (χ0) is 22.5. The number of aromatic nitrogens is 3. The van der Waals surface area contributed by atoms with Gasteiger partial charge in [0.1, 0.15) is 0 Å². The number of likely N-dealkylation sites (N-methyl/N-ethyl adjacent to an activating group) is 1. The van der Waals surface area contributed by atoms with Crippen molar-refractivity contribution in [3.05, 3.63) is 24.0 Å². The zero-order valence-corrected chi connectivity index (χ0v) is 18.9. The van der Waals surface area contributed by atoms with Gasteiger partial charge >= 0.3 is 0 Å². The first-order valence-electron chi connectivity index (χ1n) is 11.4. The molecule has 1 aliphatic heterocycles. The van der Waals surface area contributed by atoms with E-state index in [9.17, 15) is 9.50 Å². The van der Waals surface area contributed by atoms with Gasteiger partial charge in [-0.15, -0.1) is 0 Å². The summed E-state index contributed by atoms with van der Waals surface area (Å²) in [4.78, 5) is 16.2. The third-order valence-corrected chi connectivity index (χ3v) is 6.21. The van der Waals surface area contributed by atoms with E-state index < -0.39 is 11.6 Å². The lowest BCUT2D eigenvalue weighted by molar-refractivity contribution is 0.146. The lowest BCUT2D eigenvalue weighted by Crippen LogP contribution is -2.52. The van der Waals surface area contributed by atoms with E-state index in [1.165, 1.54) is 37.8 Å². The fourth-order valence-corrected chi connectivity index (χ4v) is 4.17. The van der Waals surface area contributed by atoms with Crippen LogP contribution in [-0.4, -0.2) is 76.3 Å². The van der Waals surface area contributed by atoms with E-state index in [1.54, 1.807) is 6.07 Å². The van der Waals surface area contributed by atoms with Crippen LogP contribution in [0.4, 0.5) is 27.9 Å². The number of nitrogens with zero attached hydrogens (tertiary/aromatic N) is 6. The lowest BCUT2D eigenvalue weighted by atomic mass is 10.1. The number of phenols is 1. The highest BCUT2D eigenvalue weighted by Crippen LogP contribution is 2.25. The van der Waals surface area contributed by atoms with Crippen LogP contribution in [0.2, 0.25) is 0 Å². The fourth-order valence-electron chi connectivity index (χ4n) is 4.17. The summed E-state index contributed by atoms with van der Waals surface area (Å²) in [6.07, 6.45) is 7.14. The fraction of sp³-hybridized carbons (Fsp3) is 0.591. The van der Waals surface area contributed by atoms with Crippen LogP contribution in [0, 0.1) is 5.82 Å². The molecule has 0 bridgehead atoms. The summed E-state index contributed by atoms with van der Waals surface area (Å²) >= 11 is 0. The van der Waals surface area contributed by atoms with Crippen LogP contribution < -0.4 is 15.6 Å². The molecule has 1 saturated heterocycles. The normalized spacial score (nSPS) is 18.8. The van der Waals surface area contributed by atoms with Gasteiger partial charge in [0.05, 0.1) is 0 Å². The van der Waals surface area contributed by atoms with Crippen molar-refractivity contribution in [3.63, 3.8) is 0 Å². The molecule has 174 valence electrons. The van der Waals surface area contributed by atoms with Crippen molar-refractivity contribution in [2.75, 3.05) is 55.9 Å². The number of halogens is 1. The summed E-state index contributed by atoms with van der Waals surface area (Å²) < 4.78 is 13.8. The average molecular weight is 445 g/mol.